The van der Waals surface area contributed by atoms with Crippen molar-refractivity contribution in [2.24, 2.45) is 5.92 Å². The van der Waals surface area contributed by atoms with Crippen molar-refractivity contribution >= 4 is 28.1 Å². The molecular formula is C19H29N3O7S. The quantitative estimate of drug-likeness (QED) is 0.421. The zero-order chi connectivity index (χ0) is 22.7. The number of aliphatic hydroxyl groups is 1. The van der Waals surface area contributed by atoms with E-state index in [1.807, 2.05) is 19.1 Å². The fourth-order valence-corrected chi connectivity index (χ4v) is 3.71. The van der Waals surface area contributed by atoms with Crippen LogP contribution in [0.5, 0.6) is 0 Å². The molecule has 0 spiro atoms. The summed E-state index contributed by atoms with van der Waals surface area (Å²) in [6.07, 6.45) is 3.09. The maximum atomic E-state index is 12.4. The lowest BCUT2D eigenvalue weighted by molar-refractivity contribution is -0.128. The fourth-order valence-electron chi connectivity index (χ4n) is 3.16. The van der Waals surface area contributed by atoms with Gasteiger partial charge in [0.2, 0.25) is 11.8 Å². The van der Waals surface area contributed by atoms with E-state index in [1.54, 1.807) is 6.20 Å². The van der Waals surface area contributed by atoms with Gasteiger partial charge in [0.25, 0.3) is 6.47 Å². The Kier molecular flexibility index (Phi) is 10.4. The number of carbonyl (C=O) groups excluding carboxylic acids is 2. The lowest BCUT2D eigenvalue weighted by atomic mass is 9.83. The largest absolute Gasteiger partial charge is 0.483 e. The van der Waals surface area contributed by atoms with Crippen molar-refractivity contribution in [2.45, 2.75) is 51.3 Å². The molecule has 1 fully saturated rings. The summed E-state index contributed by atoms with van der Waals surface area (Å²) in [6.45, 7) is 2.04. The number of sulfone groups is 1. The van der Waals surface area contributed by atoms with Crippen LogP contribution in [0.3, 0.4) is 0 Å². The van der Waals surface area contributed by atoms with E-state index in [0.29, 0.717) is 19.4 Å². The third kappa shape index (κ3) is 9.79. The van der Waals surface area contributed by atoms with Crippen molar-refractivity contribution < 1.29 is 33.0 Å². The molecular weight excluding hydrogens is 414 g/mol. The molecule has 11 heteroatoms. The molecule has 168 valence electrons. The van der Waals surface area contributed by atoms with Gasteiger partial charge in [0.1, 0.15) is 9.84 Å². The molecule has 0 bridgehead atoms. The van der Waals surface area contributed by atoms with Gasteiger partial charge in [0.05, 0.1) is 17.9 Å². The minimum atomic E-state index is -3.21. The summed E-state index contributed by atoms with van der Waals surface area (Å²) >= 11 is 0. The van der Waals surface area contributed by atoms with Crippen LogP contribution in [0.1, 0.15) is 36.9 Å². The second-order valence-electron chi connectivity index (χ2n) is 7.26. The highest BCUT2D eigenvalue weighted by Crippen LogP contribution is 2.25. The van der Waals surface area contributed by atoms with Crippen LogP contribution in [-0.4, -0.2) is 66.1 Å². The van der Waals surface area contributed by atoms with Crippen LogP contribution in [0.15, 0.2) is 18.3 Å². The average Bonchev–Trinajstić information content (AvgIpc) is 2.66. The highest BCUT2D eigenvalue weighted by Gasteiger charge is 2.33. The standard InChI is InChI=1S/C18H27N3O5S.CH2O2/c1-12-9-13(5-7-19-12)11-20-18(24)14-3-4-15(16(22)10-14)21-17(23)6-8-27(2,25)26;2-1-3/h5,7,9,14-16,22H,3-4,6,8,10-11H2,1-2H3,(H,20,24)(H,21,23);1H,(H,2,3)/t14-,15-,16-;/m0./s1. The van der Waals surface area contributed by atoms with Crippen LogP contribution >= 0.6 is 0 Å². The van der Waals surface area contributed by atoms with E-state index >= 15 is 0 Å². The Hall–Kier alpha value is -2.53. The smallest absolute Gasteiger partial charge is 0.290 e. The predicted octanol–water partition coefficient (Wildman–Crippen LogP) is -0.212. The zero-order valence-corrected chi connectivity index (χ0v) is 17.9. The van der Waals surface area contributed by atoms with Gasteiger partial charge in [-0.25, -0.2) is 8.42 Å². The number of aliphatic hydroxyl groups excluding tert-OH is 1. The third-order valence-electron chi connectivity index (χ3n) is 4.66. The van der Waals surface area contributed by atoms with Crippen molar-refractivity contribution in [1.29, 1.82) is 0 Å². The summed E-state index contributed by atoms with van der Waals surface area (Å²) in [5.41, 5.74) is 1.84. The monoisotopic (exact) mass is 443 g/mol. The van der Waals surface area contributed by atoms with Gasteiger partial charge in [-0.05, 0) is 43.9 Å². The van der Waals surface area contributed by atoms with Gasteiger partial charge in [0, 0.05) is 37.0 Å². The van der Waals surface area contributed by atoms with Crippen LogP contribution in [0.25, 0.3) is 0 Å². The molecule has 1 aliphatic rings. The minimum absolute atomic E-state index is 0.120. The molecule has 2 amide bonds. The highest BCUT2D eigenvalue weighted by molar-refractivity contribution is 7.90. The average molecular weight is 444 g/mol. The van der Waals surface area contributed by atoms with Crippen LogP contribution in [-0.2, 0) is 30.8 Å². The van der Waals surface area contributed by atoms with Gasteiger partial charge in [-0.15, -0.1) is 0 Å². The van der Waals surface area contributed by atoms with Crippen molar-refractivity contribution in [3.05, 3.63) is 29.6 Å². The van der Waals surface area contributed by atoms with Crippen LogP contribution < -0.4 is 10.6 Å². The Morgan fingerprint density at radius 3 is 2.57 bits per heavy atom. The Morgan fingerprint density at radius 1 is 1.33 bits per heavy atom. The van der Waals surface area contributed by atoms with Crippen LogP contribution in [0.2, 0.25) is 0 Å². The minimum Gasteiger partial charge on any atom is -0.483 e. The molecule has 1 saturated carbocycles. The fraction of sp³-hybridized carbons (Fsp3) is 0.579. The van der Waals surface area contributed by atoms with Gasteiger partial charge in [-0.2, -0.15) is 0 Å². The third-order valence-corrected chi connectivity index (χ3v) is 5.61. The molecule has 1 aromatic rings. The second kappa shape index (κ2) is 12.2. The summed E-state index contributed by atoms with van der Waals surface area (Å²) in [7, 11) is -3.21. The molecule has 0 aromatic carbocycles. The normalized spacial score (nSPS) is 21.0. The lowest BCUT2D eigenvalue weighted by Gasteiger charge is -2.33. The topological polar surface area (TPSA) is 163 Å². The van der Waals surface area contributed by atoms with Gasteiger partial charge >= 0.3 is 0 Å². The Bertz CT molecular complexity index is 829. The molecule has 0 aliphatic heterocycles. The van der Waals surface area contributed by atoms with E-state index in [1.165, 1.54) is 0 Å². The first-order chi connectivity index (χ1) is 14.1. The number of hydrogen-bond acceptors (Lipinski definition) is 7. The number of aryl methyl sites for hydroxylation is 1. The molecule has 10 nitrogen and oxygen atoms in total. The van der Waals surface area contributed by atoms with Crippen LogP contribution in [0.4, 0.5) is 0 Å². The predicted molar refractivity (Wildman–Crippen MR) is 109 cm³/mol. The number of amides is 2. The first kappa shape index (κ1) is 25.5. The molecule has 4 N–H and O–H groups in total. The van der Waals surface area contributed by atoms with E-state index in [2.05, 4.69) is 15.6 Å². The molecule has 3 atom stereocenters. The number of hydrogen-bond donors (Lipinski definition) is 4. The van der Waals surface area contributed by atoms with Gasteiger partial charge in [0.15, 0.2) is 0 Å². The molecule has 1 aromatic heterocycles. The summed E-state index contributed by atoms with van der Waals surface area (Å²) in [6, 6.07) is 3.28. The number of nitrogens with zero attached hydrogens (tertiary/aromatic N) is 1. The van der Waals surface area contributed by atoms with E-state index in [9.17, 15) is 23.1 Å². The number of carboxylic acid groups (broad SMARTS) is 1. The lowest BCUT2D eigenvalue weighted by Crippen LogP contribution is -2.49. The molecule has 2 rings (SSSR count). The Balaban J connectivity index is 0.00000141. The highest BCUT2D eigenvalue weighted by atomic mass is 32.2. The maximum Gasteiger partial charge on any atom is 0.290 e. The summed E-state index contributed by atoms with van der Waals surface area (Å²) in [4.78, 5) is 36.7. The number of pyridine rings is 1. The molecule has 0 radical (unpaired) electrons. The van der Waals surface area contributed by atoms with E-state index in [4.69, 9.17) is 9.90 Å². The first-order valence-corrected chi connectivity index (χ1v) is 11.5. The van der Waals surface area contributed by atoms with Crippen molar-refractivity contribution in [1.82, 2.24) is 15.6 Å². The SMILES string of the molecule is Cc1cc(CNC(=O)[C@H]2CC[C@H](NC(=O)CCS(C)(=O)=O)[C@@H](O)C2)ccn1.O=CO. The Labute approximate surface area is 176 Å². The zero-order valence-electron chi connectivity index (χ0n) is 17.1. The van der Waals surface area contributed by atoms with Gasteiger partial charge in [-0.3, -0.25) is 19.4 Å². The molecule has 1 heterocycles. The summed E-state index contributed by atoms with van der Waals surface area (Å²) < 4.78 is 22.2. The summed E-state index contributed by atoms with van der Waals surface area (Å²) in [5.74, 6) is -1.06. The molecule has 30 heavy (non-hydrogen) atoms. The molecule has 0 unspecified atom stereocenters. The number of carbonyl (C=O) groups is 3. The van der Waals surface area contributed by atoms with Gasteiger partial charge < -0.3 is 20.8 Å². The van der Waals surface area contributed by atoms with E-state index in [0.717, 1.165) is 17.5 Å². The number of aromatic nitrogens is 1. The van der Waals surface area contributed by atoms with E-state index < -0.39 is 27.9 Å². The van der Waals surface area contributed by atoms with Crippen molar-refractivity contribution in [2.75, 3.05) is 12.0 Å². The van der Waals surface area contributed by atoms with Gasteiger partial charge in [-0.1, -0.05) is 0 Å². The maximum absolute atomic E-state index is 12.4. The second-order valence-corrected chi connectivity index (χ2v) is 9.52. The van der Waals surface area contributed by atoms with Crippen molar-refractivity contribution in [3.8, 4) is 0 Å². The molecule has 1 aliphatic carbocycles. The summed E-state index contributed by atoms with van der Waals surface area (Å²) in [5, 5.41) is 22.7. The van der Waals surface area contributed by atoms with Crippen molar-refractivity contribution in [3.63, 3.8) is 0 Å². The van der Waals surface area contributed by atoms with Crippen LogP contribution in [0, 0.1) is 12.8 Å². The number of nitrogens with one attached hydrogen (secondary N) is 2. The van der Waals surface area contributed by atoms with E-state index in [-0.39, 0.29) is 36.9 Å². The first-order valence-electron chi connectivity index (χ1n) is 9.48. The number of rotatable bonds is 7. The molecule has 0 saturated heterocycles. The Morgan fingerprint density at radius 2 is 2.00 bits per heavy atom.